The molecule has 1 rings (SSSR count). The van der Waals surface area contributed by atoms with Crippen molar-refractivity contribution in [3.63, 3.8) is 0 Å². The van der Waals surface area contributed by atoms with Gasteiger partial charge in [-0.3, -0.25) is 14.4 Å². The first-order valence-electron chi connectivity index (χ1n) is 5.91. The van der Waals surface area contributed by atoms with Gasteiger partial charge in [0.1, 0.15) is 13.2 Å². The molecule has 1 aromatic heterocycles. The molecule has 0 unspecified atom stereocenters. The number of carbonyl (C=O) groups excluding carboxylic acids is 2. The van der Waals surface area contributed by atoms with Crippen molar-refractivity contribution in [1.82, 2.24) is 9.88 Å². The van der Waals surface area contributed by atoms with Crippen molar-refractivity contribution in [2.45, 2.75) is 19.9 Å². The molecule has 0 aliphatic heterocycles. The molecule has 0 saturated heterocycles. The molecule has 7 heteroatoms. The number of nitrogens with zero attached hydrogens (tertiary/aromatic N) is 1. The van der Waals surface area contributed by atoms with Crippen molar-refractivity contribution in [2.24, 2.45) is 0 Å². The number of nitrogens with two attached hydrogens (primary N) is 1. The van der Waals surface area contributed by atoms with Crippen LogP contribution in [0.25, 0.3) is 0 Å². The molecule has 3 N–H and O–H groups in total. The molecule has 0 radical (unpaired) electrons. The highest BCUT2D eigenvalue weighted by Crippen LogP contribution is 1.96. The third kappa shape index (κ3) is 5.24. The number of esters is 1. The molecule has 0 aliphatic rings. The second-order valence-electron chi connectivity index (χ2n) is 3.85. The van der Waals surface area contributed by atoms with Crippen molar-refractivity contribution in [1.29, 1.82) is 0 Å². The van der Waals surface area contributed by atoms with E-state index in [9.17, 15) is 14.4 Å². The largest absolute Gasteiger partial charge is 0.464 e. The second-order valence-corrected chi connectivity index (χ2v) is 3.85. The quantitative estimate of drug-likeness (QED) is 0.676. The van der Waals surface area contributed by atoms with E-state index in [0.29, 0.717) is 12.2 Å². The van der Waals surface area contributed by atoms with Gasteiger partial charge >= 0.3 is 5.97 Å². The molecular weight excluding hydrogens is 250 g/mol. The second kappa shape index (κ2) is 7.20. The standard InChI is InChI=1S/C12H17N3O4/c1-2-14-10(16)5-6-19-12(18)8-15-7-9(13)3-4-11(15)17/h3-4,7H,2,5-6,8,13H2,1H3,(H,14,16). The first kappa shape index (κ1) is 14.7. The normalized spacial score (nSPS) is 9.95. The summed E-state index contributed by atoms with van der Waals surface area (Å²) in [6.07, 6.45) is 1.47. The van der Waals surface area contributed by atoms with Crippen LogP contribution in [-0.4, -0.2) is 29.6 Å². The van der Waals surface area contributed by atoms with Crippen LogP contribution < -0.4 is 16.6 Å². The number of pyridine rings is 1. The van der Waals surface area contributed by atoms with Gasteiger partial charge in [0, 0.05) is 24.5 Å². The smallest absolute Gasteiger partial charge is 0.326 e. The predicted octanol–water partition coefficient (Wildman–Crippen LogP) is -0.500. The summed E-state index contributed by atoms with van der Waals surface area (Å²) < 4.78 is 6.01. The van der Waals surface area contributed by atoms with E-state index >= 15 is 0 Å². The lowest BCUT2D eigenvalue weighted by Crippen LogP contribution is -2.27. The minimum Gasteiger partial charge on any atom is -0.464 e. The topological polar surface area (TPSA) is 103 Å². The number of anilines is 1. The van der Waals surface area contributed by atoms with Gasteiger partial charge in [0.15, 0.2) is 0 Å². The van der Waals surface area contributed by atoms with Gasteiger partial charge in [-0.25, -0.2) is 0 Å². The summed E-state index contributed by atoms with van der Waals surface area (Å²) in [7, 11) is 0. The van der Waals surface area contributed by atoms with Crippen LogP contribution in [0.2, 0.25) is 0 Å². The number of carbonyl (C=O) groups is 2. The minimum atomic E-state index is -0.586. The van der Waals surface area contributed by atoms with E-state index in [1.165, 1.54) is 18.3 Å². The molecular formula is C12H17N3O4. The van der Waals surface area contributed by atoms with Crippen molar-refractivity contribution in [2.75, 3.05) is 18.9 Å². The number of amides is 1. The number of hydrogen-bond acceptors (Lipinski definition) is 5. The van der Waals surface area contributed by atoms with E-state index in [4.69, 9.17) is 10.5 Å². The van der Waals surface area contributed by atoms with Gasteiger partial charge in [0.25, 0.3) is 5.56 Å². The molecule has 0 aliphatic carbocycles. The summed E-state index contributed by atoms with van der Waals surface area (Å²) >= 11 is 0. The van der Waals surface area contributed by atoms with E-state index < -0.39 is 5.97 Å². The summed E-state index contributed by atoms with van der Waals surface area (Å²) in [5.41, 5.74) is 5.56. The lowest BCUT2D eigenvalue weighted by molar-refractivity contribution is -0.145. The Morgan fingerprint density at radius 1 is 1.42 bits per heavy atom. The summed E-state index contributed by atoms with van der Waals surface area (Å²) in [6, 6.07) is 2.73. The molecule has 0 atom stereocenters. The van der Waals surface area contributed by atoms with Gasteiger partial charge in [-0.05, 0) is 13.0 Å². The van der Waals surface area contributed by atoms with Crippen molar-refractivity contribution in [3.8, 4) is 0 Å². The van der Waals surface area contributed by atoms with Gasteiger partial charge in [0.2, 0.25) is 5.91 Å². The van der Waals surface area contributed by atoms with E-state index in [1.54, 1.807) is 6.92 Å². The molecule has 104 valence electrons. The Balaban J connectivity index is 2.41. The minimum absolute atomic E-state index is 0.0122. The van der Waals surface area contributed by atoms with Crippen LogP contribution in [0.4, 0.5) is 5.69 Å². The van der Waals surface area contributed by atoms with Crippen LogP contribution in [0.15, 0.2) is 23.1 Å². The number of nitrogen functional groups attached to an aromatic ring is 1. The number of hydrogen-bond donors (Lipinski definition) is 2. The Bertz CT molecular complexity index is 510. The maximum atomic E-state index is 11.5. The van der Waals surface area contributed by atoms with Gasteiger partial charge in [0.05, 0.1) is 6.42 Å². The highest BCUT2D eigenvalue weighted by Gasteiger charge is 2.07. The first-order chi connectivity index (χ1) is 9.02. The first-order valence-corrected chi connectivity index (χ1v) is 5.91. The number of rotatable bonds is 6. The maximum absolute atomic E-state index is 11.5. The zero-order chi connectivity index (χ0) is 14.3. The Kier molecular flexibility index (Phi) is 5.59. The molecule has 0 saturated carbocycles. The monoisotopic (exact) mass is 267 g/mol. The molecule has 0 fully saturated rings. The fourth-order valence-electron chi connectivity index (χ4n) is 1.40. The van der Waals surface area contributed by atoms with Crippen LogP contribution in [-0.2, 0) is 20.9 Å². The van der Waals surface area contributed by atoms with E-state index in [-0.39, 0.29) is 31.0 Å². The van der Waals surface area contributed by atoms with Crippen LogP contribution in [0, 0.1) is 0 Å². The molecule has 1 amide bonds. The fraction of sp³-hybridized carbons (Fsp3) is 0.417. The van der Waals surface area contributed by atoms with Crippen molar-refractivity contribution < 1.29 is 14.3 Å². The van der Waals surface area contributed by atoms with E-state index in [1.807, 2.05) is 0 Å². The molecule has 0 aromatic carbocycles. The van der Waals surface area contributed by atoms with Gasteiger partial charge in [-0.2, -0.15) is 0 Å². The molecule has 19 heavy (non-hydrogen) atoms. The molecule has 7 nitrogen and oxygen atoms in total. The van der Waals surface area contributed by atoms with Crippen LogP contribution in [0.3, 0.4) is 0 Å². The van der Waals surface area contributed by atoms with Crippen molar-refractivity contribution in [3.05, 3.63) is 28.7 Å². The van der Waals surface area contributed by atoms with Gasteiger partial charge < -0.3 is 20.4 Å². The fourth-order valence-corrected chi connectivity index (χ4v) is 1.40. The average Bonchev–Trinajstić information content (AvgIpc) is 2.34. The SMILES string of the molecule is CCNC(=O)CCOC(=O)Cn1cc(N)ccc1=O. The summed E-state index contributed by atoms with van der Waals surface area (Å²) in [5, 5.41) is 2.58. The summed E-state index contributed by atoms with van der Waals surface area (Å²) in [5.74, 6) is -0.770. The van der Waals surface area contributed by atoms with Gasteiger partial charge in [-0.15, -0.1) is 0 Å². The summed E-state index contributed by atoms with van der Waals surface area (Å²) in [6.45, 7) is 2.10. The van der Waals surface area contributed by atoms with Crippen LogP contribution in [0.1, 0.15) is 13.3 Å². The molecule has 1 aromatic rings. The Hall–Kier alpha value is -2.31. The average molecular weight is 267 g/mol. The van der Waals surface area contributed by atoms with Crippen molar-refractivity contribution >= 4 is 17.6 Å². The maximum Gasteiger partial charge on any atom is 0.326 e. The Labute approximate surface area is 110 Å². The number of nitrogens with one attached hydrogen (secondary N) is 1. The highest BCUT2D eigenvalue weighted by molar-refractivity contribution is 5.76. The zero-order valence-electron chi connectivity index (χ0n) is 10.7. The third-order valence-electron chi connectivity index (χ3n) is 2.27. The molecule has 1 heterocycles. The lowest BCUT2D eigenvalue weighted by atomic mass is 10.4. The zero-order valence-corrected chi connectivity index (χ0v) is 10.7. The van der Waals surface area contributed by atoms with E-state index in [0.717, 1.165) is 4.57 Å². The Morgan fingerprint density at radius 3 is 2.84 bits per heavy atom. The molecule has 0 bridgehead atoms. The highest BCUT2D eigenvalue weighted by atomic mass is 16.5. The lowest BCUT2D eigenvalue weighted by Gasteiger charge is -2.07. The third-order valence-corrected chi connectivity index (χ3v) is 2.27. The number of aromatic nitrogens is 1. The van der Waals surface area contributed by atoms with Gasteiger partial charge in [-0.1, -0.05) is 0 Å². The van der Waals surface area contributed by atoms with Crippen LogP contribution in [0.5, 0.6) is 0 Å². The number of ether oxygens (including phenoxy) is 1. The summed E-state index contributed by atoms with van der Waals surface area (Å²) in [4.78, 5) is 34.0. The predicted molar refractivity (Wildman–Crippen MR) is 69.4 cm³/mol. The Morgan fingerprint density at radius 2 is 2.16 bits per heavy atom. The van der Waals surface area contributed by atoms with Crippen LogP contribution >= 0.6 is 0 Å². The van der Waals surface area contributed by atoms with E-state index in [2.05, 4.69) is 5.32 Å². The molecule has 0 spiro atoms.